The lowest BCUT2D eigenvalue weighted by atomic mass is 9.90. The SMILES string of the molecule is c1ccc(-c2ccc3c4ccc(-c5cccc(-n6c7ccccc7c7cc8c(ccn8-c8ccccc8)cc76)c5)cc4c4ccccc4c3c2)cc1. The third-order valence-corrected chi connectivity index (χ3v) is 10.9. The molecule has 0 fully saturated rings. The van der Waals surface area contributed by atoms with Crippen LogP contribution < -0.4 is 0 Å². The van der Waals surface area contributed by atoms with Crippen LogP contribution in [0.5, 0.6) is 0 Å². The van der Waals surface area contributed by atoms with E-state index in [1.807, 2.05) is 0 Å². The monoisotopic (exact) mass is 660 g/mol. The lowest BCUT2D eigenvalue weighted by molar-refractivity contribution is 1.13. The molecule has 0 bridgehead atoms. The van der Waals surface area contributed by atoms with Crippen LogP contribution in [0, 0.1) is 0 Å². The van der Waals surface area contributed by atoms with E-state index in [4.69, 9.17) is 0 Å². The minimum Gasteiger partial charge on any atom is -0.317 e. The van der Waals surface area contributed by atoms with Crippen LogP contribution in [0.25, 0.3) is 98.7 Å². The zero-order valence-electron chi connectivity index (χ0n) is 28.4. The molecule has 2 heteroatoms. The molecule has 0 amide bonds. The largest absolute Gasteiger partial charge is 0.317 e. The predicted molar refractivity (Wildman–Crippen MR) is 221 cm³/mol. The zero-order valence-corrected chi connectivity index (χ0v) is 28.4. The van der Waals surface area contributed by atoms with E-state index in [2.05, 4.69) is 203 Å². The fourth-order valence-electron chi connectivity index (χ4n) is 8.46. The number of hydrogen-bond donors (Lipinski definition) is 0. The van der Waals surface area contributed by atoms with Crippen molar-refractivity contribution < 1.29 is 0 Å². The van der Waals surface area contributed by atoms with Crippen LogP contribution in [-0.4, -0.2) is 9.13 Å². The molecule has 0 aliphatic heterocycles. The number of para-hydroxylation sites is 2. The summed E-state index contributed by atoms with van der Waals surface area (Å²) in [5.74, 6) is 0. The molecule has 0 unspecified atom stereocenters. The summed E-state index contributed by atoms with van der Waals surface area (Å²) in [6.07, 6.45) is 2.18. The molecule has 0 radical (unpaired) electrons. The quantitative estimate of drug-likeness (QED) is 0.166. The van der Waals surface area contributed by atoms with E-state index < -0.39 is 0 Å². The second-order valence-electron chi connectivity index (χ2n) is 13.8. The first-order valence-corrected chi connectivity index (χ1v) is 17.9. The van der Waals surface area contributed by atoms with Crippen LogP contribution in [0.2, 0.25) is 0 Å². The topological polar surface area (TPSA) is 9.86 Å². The molecule has 2 heterocycles. The maximum absolute atomic E-state index is 2.43. The molecule has 0 saturated carbocycles. The van der Waals surface area contributed by atoms with Crippen molar-refractivity contribution in [1.29, 1.82) is 0 Å². The first-order chi connectivity index (χ1) is 25.8. The van der Waals surface area contributed by atoms with E-state index in [-0.39, 0.29) is 0 Å². The fourth-order valence-corrected chi connectivity index (χ4v) is 8.46. The van der Waals surface area contributed by atoms with E-state index in [1.54, 1.807) is 0 Å². The molecular weight excluding hydrogens is 629 g/mol. The molecule has 9 aromatic carbocycles. The Morgan fingerprint density at radius 2 is 0.827 bits per heavy atom. The molecular formula is C50H32N2. The summed E-state index contributed by atoms with van der Waals surface area (Å²) in [5, 5.41) is 11.4. The van der Waals surface area contributed by atoms with Crippen LogP contribution >= 0.6 is 0 Å². The Hall–Kier alpha value is -6.90. The van der Waals surface area contributed by atoms with Crippen LogP contribution in [-0.2, 0) is 0 Å². The minimum absolute atomic E-state index is 1.16. The van der Waals surface area contributed by atoms with Crippen LogP contribution in [0.1, 0.15) is 0 Å². The molecule has 11 rings (SSSR count). The van der Waals surface area contributed by atoms with Gasteiger partial charge in [-0.05, 0) is 115 Å². The lowest BCUT2D eigenvalue weighted by Gasteiger charge is -2.14. The Bertz CT molecular complexity index is 3140. The van der Waals surface area contributed by atoms with E-state index >= 15 is 0 Å². The van der Waals surface area contributed by atoms with E-state index in [0.29, 0.717) is 0 Å². The summed E-state index contributed by atoms with van der Waals surface area (Å²) in [7, 11) is 0. The van der Waals surface area contributed by atoms with E-state index in [1.165, 1.54) is 93.0 Å². The molecule has 0 aliphatic rings. The molecule has 0 N–H and O–H groups in total. The summed E-state index contributed by atoms with van der Waals surface area (Å²) in [5.41, 5.74) is 10.8. The third-order valence-electron chi connectivity index (χ3n) is 10.9. The third kappa shape index (κ3) is 4.38. The molecule has 52 heavy (non-hydrogen) atoms. The van der Waals surface area contributed by atoms with Crippen molar-refractivity contribution in [3.63, 3.8) is 0 Å². The Morgan fingerprint density at radius 1 is 0.269 bits per heavy atom. The maximum Gasteiger partial charge on any atom is 0.0548 e. The number of benzene rings is 9. The highest BCUT2D eigenvalue weighted by atomic mass is 15.0. The van der Waals surface area contributed by atoms with Gasteiger partial charge in [0.25, 0.3) is 0 Å². The molecule has 2 nitrogen and oxygen atoms in total. The normalized spacial score (nSPS) is 11.8. The smallest absolute Gasteiger partial charge is 0.0548 e. The number of hydrogen-bond acceptors (Lipinski definition) is 0. The van der Waals surface area contributed by atoms with Crippen molar-refractivity contribution in [2.45, 2.75) is 0 Å². The van der Waals surface area contributed by atoms with Crippen molar-refractivity contribution in [3.8, 4) is 33.6 Å². The Balaban J connectivity index is 1.08. The minimum atomic E-state index is 1.16. The van der Waals surface area contributed by atoms with Crippen molar-refractivity contribution in [1.82, 2.24) is 9.13 Å². The van der Waals surface area contributed by atoms with Gasteiger partial charge in [-0.2, -0.15) is 0 Å². The Labute approximate surface area is 301 Å². The molecule has 0 atom stereocenters. The van der Waals surface area contributed by atoms with E-state index in [9.17, 15) is 0 Å². The first kappa shape index (κ1) is 28.9. The van der Waals surface area contributed by atoms with Gasteiger partial charge in [-0.3, -0.25) is 0 Å². The van der Waals surface area contributed by atoms with Crippen molar-refractivity contribution in [2.24, 2.45) is 0 Å². The summed E-state index contributed by atoms with van der Waals surface area (Å²) in [6, 6.07) is 68.8. The highest BCUT2D eigenvalue weighted by molar-refractivity contribution is 6.26. The van der Waals surface area contributed by atoms with Gasteiger partial charge in [0, 0.05) is 33.7 Å². The molecule has 2 aromatic heterocycles. The summed E-state index contributed by atoms with van der Waals surface area (Å²) in [6.45, 7) is 0. The van der Waals surface area contributed by atoms with Gasteiger partial charge in [-0.1, -0.05) is 127 Å². The second kappa shape index (κ2) is 11.3. The van der Waals surface area contributed by atoms with Gasteiger partial charge in [-0.25, -0.2) is 0 Å². The van der Waals surface area contributed by atoms with Gasteiger partial charge in [0.1, 0.15) is 0 Å². The van der Waals surface area contributed by atoms with E-state index in [0.717, 1.165) is 5.69 Å². The van der Waals surface area contributed by atoms with Gasteiger partial charge in [0.15, 0.2) is 0 Å². The summed E-state index contributed by atoms with van der Waals surface area (Å²) < 4.78 is 4.72. The molecule has 11 aromatic rings. The Kier molecular flexibility index (Phi) is 6.28. The zero-order chi connectivity index (χ0) is 34.2. The summed E-state index contributed by atoms with van der Waals surface area (Å²) in [4.78, 5) is 0. The number of rotatable bonds is 4. The highest BCUT2D eigenvalue weighted by Crippen LogP contribution is 2.40. The van der Waals surface area contributed by atoms with Gasteiger partial charge < -0.3 is 9.13 Å². The average molecular weight is 661 g/mol. The standard InChI is InChI=1S/C50H32N2/c1-3-12-33(13-4-1)35-22-24-42-43-25-23-36(30-46(43)41-19-8-7-18-40(41)45(42)29-35)34-14-11-17-39(28-34)52-48-21-10-9-20-44(48)47-32-49-37(31-50(47)52)26-27-51(49)38-15-5-2-6-16-38/h1-32H. The van der Waals surface area contributed by atoms with Gasteiger partial charge >= 0.3 is 0 Å². The number of fused-ring (bicyclic) bond motifs is 10. The molecule has 0 spiro atoms. The van der Waals surface area contributed by atoms with Crippen molar-refractivity contribution in [3.05, 3.63) is 194 Å². The lowest BCUT2D eigenvalue weighted by Crippen LogP contribution is -1.95. The number of aromatic nitrogens is 2. The number of nitrogens with zero attached hydrogens (tertiary/aromatic N) is 2. The van der Waals surface area contributed by atoms with Crippen LogP contribution in [0.15, 0.2) is 194 Å². The fraction of sp³-hybridized carbons (Fsp3) is 0. The highest BCUT2D eigenvalue weighted by Gasteiger charge is 2.16. The van der Waals surface area contributed by atoms with Crippen molar-refractivity contribution in [2.75, 3.05) is 0 Å². The molecule has 0 aliphatic carbocycles. The molecule has 0 saturated heterocycles. The first-order valence-electron chi connectivity index (χ1n) is 17.9. The van der Waals surface area contributed by atoms with Gasteiger partial charge in [-0.15, -0.1) is 0 Å². The van der Waals surface area contributed by atoms with Crippen LogP contribution in [0.4, 0.5) is 0 Å². The average Bonchev–Trinajstić information content (AvgIpc) is 3.79. The maximum atomic E-state index is 2.43. The molecule has 242 valence electrons. The predicted octanol–water partition coefficient (Wildman–Crippen LogP) is 13.5. The summed E-state index contributed by atoms with van der Waals surface area (Å²) >= 11 is 0. The second-order valence-corrected chi connectivity index (χ2v) is 13.8. The van der Waals surface area contributed by atoms with Crippen LogP contribution in [0.3, 0.4) is 0 Å². The van der Waals surface area contributed by atoms with Gasteiger partial charge in [0.05, 0.1) is 16.6 Å². The Morgan fingerprint density at radius 3 is 1.56 bits per heavy atom. The van der Waals surface area contributed by atoms with Gasteiger partial charge in [0.2, 0.25) is 0 Å². The van der Waals surface area contributed by atoms with Crippen molar-refractivity contribution >= 4 is 65.0 Å².